The van der Waals surface area contributed by atoms with Crippen molar-refractivity contribution in [3.8, 4) is 0 Å². The summed E-state index contributed by atoms with van der Waals surface area (Å²) < 4.78 is 0. The summed E-state index contributed by atoms with van der Waals surface area (Å²) in [5.74, 6) is -2.08. The molecule has 0 aromatic carbocycles. The number of carbonyl (C=O) groups is 2. The molecule has 1 fully saturated rings. The molecule has 1 aliphatic carbocycles. The highest BCUT2D eigenvalue weighted by Gasteiger charge is 2.37. The minimum absolute atomic E-state index is 0.217. The summed E-state index contributed by atoms with van der Waals surface area (Å²) in [7, 11) is 0. The molecule has 5 heteroatoms. The Morgan fingerprint density at radius 2 is 2.06 bits per heavy atom. The van der Waals surface area contributed by atoms with Crippen LogP contribution in [0.5, 0.6) is 0 Å². The second kappa shape index (κ2) is 5.16. The topological polar surface area (TPSA) is 79.3 Å². The Hall–Kier alpha value is -1.91. The van der Waals surface area contributed by atoms with Gasteiger partial charge in [-0.1, -0.05) is 6.42 Å². The van der Waals surface area contributed by atoms with Crippen LogP contribution in [0, 0.1) is 18.8 Å². The van der Waals surface area contributed by atoms with E-state index in [2.05, 4.69) is 10.3 Å². The number of hydrogen-bond donors (Lipinski definition) is 2. The highest BCUT2D eigenvalue weighted by molar-refractivity contribution is 5.95. The predicted octanol–water partition coefficient (Wildman–Crippen LogP) is 1.83. The molecule has 1 aromatic heterocycles. The maximum Gasteiger partial charge on any atom is 0.307 e. The largest absolute Gasteiger partial charge is 0.481 e. The van der Waals surface area contributed by atoms with Gasteiger partial charge in [0.1, 0.15) is 0 Å². The van der Waals surface area contributed by atoms with Crippen molar-refractivity contribution in [3.63, 3.8) is 0 Å². The van der Waals surface area contributed by atoms with Gasteiger partial charge >= 0.3 is 5.97 Å². The summed E-state index contributed by atoms with van der Waals surface area (Å²) in [4.78, 5) is 27.1. The van der Waals surface area contributed by atoms with Crippen LogP contribution in [-0.2, 0) is 9.59 Å². The Morgan fingerprint density at radius 1 is 1.33 bits per heavy atom. The quantitative estimate of drug-likeness (QED) is 0.855. The molecule has 0 aliphatic heterocycles. The lowest BCUT2D eigenvalue weighted by Crippen LogP contribution is -2.30. The Labute approximate surface area is 105 Å². The van der Waals surface area contributed by atoms with Gasteiger partial charge in [-0.25, -0.2) is 0 Å². The van der Waals surface area contributed by atoms with Gasteiger partial charge in [0.25, 0.3) is 0 Å². The van der Waals surface area contributed by atoms with Crippen LogP contribution in [0.25, 0.3) is 0 Å². The van der Waals surface area contributed by atoms with Crippen molar-refractivity contribution in [2.75, 3.05) is 5.32 Å². The number of pyridine rings is 1. The highest BCUT2D eigenvalue weighted by atomic mass is 16.4. The van der Waals surface area contributed by atoms with Crippen molar-refractivity contribution in [3.05, 3.63) is 24.0 Å². The fraction of sp³-hybridized carbons (Fsp3) is 0.462. The molecular weight excluding hydrogens is 232 g/mol. The van der Waals surface area contributed by atoms with Gasteiger partial charge in [0, 0.05) is 5.69 Å². The predicted molar refractivity (Wildman–Crippen MR) is 66.1 cm³/mol. The summed E-state index contributed by atoms with van der Waals surface area (Å²) in [6.45, 7) is 1.86. The van der Waals surface area contributed by atoms with Crippen molar-refractivity contribution in [1.29, 1.82) is 0 Å². The molecule has 1 aromatic rings. The van der Waals surface area contributed by atoms with Crippen LogP contribution in [0.1, 0.15) is 25.0 Å². The molecule has 18 heavy (non-hydrogen) atoms. The molecule has 0 radical (unpaired) electrons. The molecule has 0 spiro atoms. The Balaban J connectivity index is 2.03. The van der Waals surface area contributed by atoms with Gasteiger partial charge in [-0.15, -0.1) is 0 Å². The number of carboxylic acid groups (broad SMARTS) is 1. The lowest BCUT2D eigenvalue weighted by molar-refractivity contribution is -0.145. The van der Waals surface area contributed by atoms with E-state index in [4.69, 9.17) is 5.11 Å². The normalized spacial score (nSPS) is 22.7. The van der Waals surface area contributed by atoms with Crippen LogP contribution in [0.4, 0.5) is 5.69 Å². The van der Waals surface area contributed by atoms with Crippen LogP contribution >= 0.6 is 0 Å². The zero-order valence-corrected chi connectivity index (χ0v) is 10.2. The second-order valence-electron chi connectivity index (χ2n) is 4.66. The fourth-order valence-electron chi connectivity index (χ4n) is 2.35. The Bertz CT molecular complexity index is 456. The van der Waals surface area contributed by atoms with Gasteiger partial charge in [0.15, 0.2) is 0 Å². The van der Waals surface area contributed by atoms with Gasteiger partial charge in [0.05, 0.1) is 23.7 Å². The standard InChI is InChI=1S/C13H16N2O3/c1-8-5-6-9(7-14-8)15-12(16)10-3-2-4-11(10)13(17)18/h5-7,10-11H,2-4H2,1H3,(H,15,16)(H,17,18)/t10-,11+/m1/s1. The number of nitrogens with one attached hydrogen (secondary N) is 1. The number of nitrogens with zero attached hydrogens (tertiary/aromatic N) is 1. The molecule has 0 bridgehead atoms. The highest BCUT2D eigenvalue weighted by Crippen LogP contribution is 2.32. The number of aryl methyl sites for hydroxylation is 1. The minimum atomic E-state index is -0.880. The number of anilines is 1. The Morgan fingerprint density at radius 3 is 2.67 bits per heavy atom. The second-order valence-corrected chi connectivity index (χ2v) is 4.66. The molecule has 1 heterocycles. The third-order valence-electron chi connectivity index (χ3n) is 3.35. The lowest BCUT2D eigenvalue weighted by atomic mass is 9.95. The molecule has 2 atom stereocenters. The smallest absolute Gasteiger partial charge is 0.307 e. The molecular formula is C13H16N2O3. The van der Waals surface area contributed by atoms with Gasteiger partial charge in [-0.3, -0.25) is 14.6 Å². The van der Waals surface area contributed by atoms with Crippen molar-refractivity contribution in [2.24, 2.45) is 11.8 Å². The number of amides is 1. The van der Waals surface area contributed by atoms with E-state index in [1.54, 1.807) is 18.3 Å². The van der Waals surface area contributed by atoms with Crippen molar-refractivity contribution < 1.29 is 14.7 Å². The molecule has 1 aliphatic rings. The third-order valence-corrected chi connectivity index (χ3v) is 3.35. The van der Waals surface area contributed by atoms with Gasteiger partial charge in [-0.05, 0) is 31.9 Å². The molecule has 1 amide bonds. The SMILES string of the molecule is Cc1ccc(NC(=O)[C@@H]2CCC[C@@H]2C(=O)O)cn1. The number of aromatic nitrogens is 1. The lowest BCUT2D eigenvalue weighted by Gasteiger charge is -2.15. The third kappa shape index (κ3) is 2.67. The van der Waals surface area contributed by atoms with E-state index in [9.17, 15) is 9.59 Å². The van der Waals surface area contributed by atoms with Crippen LogP contribution < -0.4 is 5.32 Å². The molecule has 96 valence electrons. The van der Waals surface area contributed by atoms with Crippen LogP contribution in [0.3, 0.4) is 0 Å². The van der Waals surface area contributed by atoms with E-state index >= 15 is 0 Å². The zero-order valence-electron chi connectivity index (χ0n) is 10.2. The van der Waals surface area contributed by atoms with E-state index in [0.29, 0.717) is 18.5 Å². The average molecular weight is 248 g/mol. The summed E-state index contributed by atoms with van der Waals surface area (Å²) in [5.41, 5.74) is 1.49. The number of carboxylic acids is 1. The summed E-state index contributed by atoms with van der Waals surface area (Å²) >= 11 is 0. The molecule has 5 nitrogen and oxygen atoms in total. The van der Waals surface area contributed by atoms with E-state index in [1.807, 2.05) is 6.92 Å². The Kier molecular flexibility index (Phi) is 3.60. The maximum atomic E-state index is 12.0. The molecule has 2 N–H and O–H groups in total. The summed E-state index contributed by atoms with van der Waals surface area (Å²) in [5, 5.41) is 11.8. The summed E-state index contributed by atoms with van der Waals surface area (Å²) in [6.07, 6.45) is 3.60. The van der Waals surface area contributed by atoms with Crippen molar-refractivity contribution >= 4 is 17.6 Å². The first-order valence-electron chi connectivity index (χ1n) is 6.04. The number of carbonyl (C=O) groups excluding carboxylic acids is 1. The number of rotatable bonds is 3. The van der Waals surface area contributed by atoms with E-state index in [-0.39, 0.29) is 5.91 Å². The first-order chi connectivity index (χ1) is 8.58. The number of hydrogen-bond acceptors (Lipinski definition) is 3. The van der Waals surface area contributed by atoms with E-state index in [1.165, 1.54) is 0 Å². The maximum absolute atomic E-state index is 12.0. The molecule has 1 saturated carbocycles. The molecule has 0 saturated heterocycles. The first-order valence-corrected chi connectivity index (χ1v) is 6.04. The van der Waals surface area contributed by atoms with Gasteiger partial charge in [0.2, 0.25) is 5.91 Å². The van der Waals surface area contributed by atoms with Crippen LogP contribution in [0.2, 0.25) is 0 Å². The van der Waals surface area contributed by atoms with Crippen molar-refractivity contribution in [1.82, 2.24) is 4.98 Å². The minimum Gasteiger partial charge on any atom is -0.481 e. The molecule has 0 unspecified atom stereocenters. The van der Waals surface area contributed by atoms with Gasteiger partial charge < -0.3 is 10.4 Å². The van der Waals surface area contributed by atoms with E-state index in [0.717, 1.165) is 12.1 Å². The molecule has 2 rings (SSSR count). The first kappa shape index (κ1) is 12.5. The average Bonchev–Trinajstić information content (AvgIpc) is 2.81. The van der Waals surface area contributed by atoms with Crippen molar-refractivity contribution in [2.45, 2.75) is 26.2 Å². The summed E-state index contributed by atoms with van der Waals surface area (Å²) in [6, 6.07) is 3.57. The van der Waals surface area contributed by atoms with Crippen LogP contribution in [-0.4, -0.2) is 22.0 Å². The zero-order chi connectivity index (χ0) is 13.1. The van der Waals surface area contributed by atoms with Crippen LogP contribution in [0.15, 0.2) is 18.3 Å². The fourth-order valence-corrected chi connectivity index (χ4v) is 2.35. The van der Waals surface area contributed by atoms with Gasteiger partial charge in [-0.2, -0.15) is 0 Å². The van der Waals surface area contributed by atoms with E-state index < -0.39 is 17.8 Å². The monoisotopic (exact) mass is 248 g/mol. The number of aliphatic carboxylic acids is 1.